The average Bonchev–Trinajstić information content (AvgIpc) is 3.01. The molecule has 0 saturated carbocycles. The number of nitrogens with one attached hydrogen (secondary N) is 1. The van der Waals surface area contributed by atoms with E-state index in [2.05, 4.69) is 33.5 Å². The van der Waals surface area contributed by atoms with Gasteiger partial charge < -0.3 is 10.4 Å². The van der Waals surface area contributed by atoms with Crippen LogP contribution in [0.2, 0.25) is 0 Å². The zero-order chi connectivity index (χ0) is 15.6. The zero-order valence-electron chi connectivity index (χ0n) is 12.1. The second-order valence-corrected chi connectivity index (χ2v) is 6.14. The maximum atomic E-state index is 9.59. The number of nitrogens with zero attached hydrogens (tertiary/aromatic N) is 2. The SMILES string of the molecule is Oc1cccc(Nc2ncnc3cc(-c4ccccc4)sc23)c1. The lowest BCUT2D eigenvalue weighted by molar-refractivity contribution is 0.475. The van der Waals surface area contributed by atoms with Crippen molar-refractivity contribution in [1.82, 2.24) is 9.97 Å². The lowest BCUT2D eigenvalue weighted by atomic mass is 10.2. The fourth-order valence-electron chi connectivity index (χ4n) is 2.41. The van der Waals surface area contributed by atoms with E-state index in [0.29, 0.717) is 0 Å². The topological polar surface area (TPSA) is 58.0 Å². The first kappa shape index (κ1) is 13.7. The van der Waals surface area contributed by atoms with Crippen LogP contribution in [0.15, 0.2) is 67.0 Å². The number of fused-ring (bicyclic) bond motifs is 1. The highest BCUT2D eigenvalue weighted by atomic mass is 32.1. The Labute approximate surface area is 137 Å². The third kappa shape index (κ3) is 2.74. The van der Waals surface area contributed by atoms with Gasteiger partial charge in [-0.05, 0) is 23.8 Å². The van der Waals surface area contributed by atoms with Gasteiger partial charge in [-0.3, -0.25) is 0 Å². The molecular weight excluding hydrogens is 306 g/mol. The number of benzene rings is 2. The monoisotopic (exact) mass is 319 g/mol. The van der Waals surface area contributed by atoms with Gasteiger partial charge in [0.1, 0.15) is 12.1 Å². The number of phenolic OH excluding ortho intramolecular Hbond substituents is 1. The van der Waals surface area contributed by atoms with Crippen molar-refractivity contribution >= 4 is 33.1 Å². The van der Waals surface area contributed by atoms with Crippen LogP contribution in [0.3, 0.4) is 0 Å². The molecule has 0 bridgehead atoms. The number of phenols is 1. The van der Waals surface area contributed by atoms with Crippen LogP contribution >= 0.6 is 11.3 Å². The summed E-state index contributed by atoms with van der Waals surface area (Å²) in [7, 11) is 0. The first-order valence-electron chi connectivity index (χ1n) is 7.15. The van der Waals surface area contributed by atoms with E-state index in [0.717, 1.165) is 26.6 Å². The Morgan fingerprint density at radius 3 is 2.61 bits per heavy atom. The number of hydrogen-bond acceptors (Lipinski definition) is 5. The Morgan fingerprint density at radius 1 is 0.913 bits per heavy atom. The molecule has 23 heavy (non-hydrogen) atoms. The van der Waals surface area contributed by atoms with Crippen LogP contribution in [0, 0.1) is 0 Å². The smallest absolute Gasteiger partial charge is 0.151 e. The van der Waals surface area contributed by atoms with Crippen molar-refractivity contribution in [3.05, 3.63) is 67.0 Å². The van der Waals surface area contributed by atoms with Crippen LogP contribution in [-0.2, 0) is 0 Å². The summed E-state index contributed by atoms with van der Waals surface area (Å²) in [6.45, 7) is 0. The molecule has 0 saturated heterocycles. The van der Waals surface area contributed by atoms with Gasteiger partial charge >= 0.3 is 0 Å². The highest BCUT2D eigenvalue weighted by Crippen LogP contribution is 2.36. The van der Waals surface area contributed by atoms with Crippen LogP contribution in [0.25, 0.3) is 20.7 Å². The van der Waals surface area contributed by atoms with Crippen molar-refractivity contribution in [3.63, 3.8) is 0 Å². The van der Waals surface area contributed by atoms with E-state index < -0.39 is 0 Å². The summed E-state index contributed by atoms with van der Waals surface area (Å²) in [6.07, 6.45) is 1.55. The third-order valence-corrected chi connectivity index (χ3v) is 4.66. The Bertz CT molecular complexity index is 966. The van der Waals surface area contributed by atoms with E-state index in [9.17, 15) is 5.11 Å². The molecule has 0 radical (unpaired) electrons. The summed E-state index contributed by atoms with van der Waals surface area (Å²) in [5, 5.41) is 12.8. The first-order chi connectivity index (χ1) is 11.3. The molecule has 2 heterocycles. The molecule has 0 aliphatic carbocycles. The van der Waals surface area contributed by atoms with E-state index in [1.807, 2.05) is 24.3 Å². The summed E-state index contributed by atoms with van der Waals surface area (Å²) < 4.78 is 0.995. The van der Waals surface area contributed by atoms with Crippen LogP contribution in [0.4, 0.5) is 11.5 Å². The van der Waals surface area contributed by atoms with Crippen molar-refractivity contribution in [2.45, 2.75) is 0 Å². The number of thiophene rings is 1. The predicted octanol–water partition coefficient (Wildman–Crippen LogP) is 4.81. The highest BCUT2D eigenvalue weighted by Gasteiger charge is 2.10. The lowest BCUT2D eigenvalue weighted by Crippen LogP contribution is -1.93. The highest BCUT2D eigenvalue weighted by molar-refractivity contribution is 7.22. The van der Waals surface area contributed by atoms with E-state index >= 15 is 0 Å². The van der Waals surface area contributed by atoms with Crippen LogP contribution in [0.1, 0.15) is 0 Å². The molecule has 4 nitrogen and oxygen atoms in total. The summed E-state index contributed by atoms with van der Waals surface area (Å²) in [5.74, 6) is 0.962. The summed E-state index contributed by atoms with van der Waals surface area (Å²) >= 11 is 1.65. The summed E-state index contributed by atoms with van der Waals surface area (Å²) in [5.41, 5.74) is 2.87. The average molecular weight is 319 g/mol. The molecule has 2 N–H and O–H groups in total. The normalized spacial score (nSPS) is 10.8. The van der Waals surface area contributed by atoms with Crippen LogP contribution in [0.5, 0.6) is 5.75 Å². The van der Waals surface area contributed by atoms with Crippen LogP contribution in [-0.4, -0.2) is 15.1 Å². The number of aromatic hydroxyl groups is 1. The molecule has 0 spiro atoms. The number of hydrogen-bond donors (Lipinski definition) is 2. The van der Waals surface area contributed by atoms with Gasteiger partial charge in [0, 0.05) is 16.6 Å². The Hall–Kier alpha value is -2.92. The second-order valence-electron chi connectivity index (χ2n) is 5.09. The van der Waals surface area contributed by atoms with Crippen LogP contribution < -0.4 is 5.32 Å². The summed E-state index contributed by atoms with van der Waals surface area (Å²) in [6, 6.07) is 19.3. The standard InChI is InChI=1S/C18H13N3OS/c22-14-8-4-7-13(9-14)21-18-17-15(19-11-20-18)10-16(23-17)12-5-2-1-3-6-12/h1-11,22H,(H,19,20,21). The Balaban J connectivity index is 1.77. The summed E-state index contributed by atoms with van der Waals surface area (Å²) in [4.78, 5) is 9.86. The molecule has 0 aliphatic rings. The predicted molar refractivity (Wildman–Crippen MR) is 94.2 cm³/mol. The quantitative estimate of drug-likeness (QED) is 0.569. The number of anilines is 2. The maximum absolute atomic E-state index is 9.59. The molecule has 0 aliphatic heterocycles. The van der Waals surface area contributed by atoms with Gasteiger partial charge in [-0.2, -0.15) is 0 Å². The number of rotatable bonds is 3. The molecule has 5 heteroatoms. The molecule has 2 aromatic heterocycles. The molecule has 0 amide bonds. The molecule has 0 atom stereocenters. The lowest BCUT2D eigenvalue weighted by Gasteiger charge is -2.06. The van der Waals surface area contributed by atoms with Gasteiger partial charge in [0.25, 0.3) is 0 Å². The van der Waals surface area contributed by atoms with Crippen molar-refractivity contribution in [2.75, 3.05) is 5.32 Å². The van der Waals surface area contributed by atoms with E-state index in [1.165, 1.54) is 5.56 Å². The molecule has 4 rings (SSSR count). The van der Waals surface area contributed by atoms with E-state index in [-0.39, 0.29) is 5.75 Å². The fraction of sp³-hybridized carbons (Fsp3) is 0. The van der Waals surface area contributed by atoms with Crippen molar-refractivity contribution in [2.24, 2.45) is 0 Å². The van der Waals surface area contributed by atoms with E-state index in [1.54, 1.807) is 35.9 Å². The van der Waals surface area contributed by atoms with Gasteiger partial charge in [-0.25, -0.2) is 9.97 Å². The largest absolute Gasteiger partial charge is 0.508 e. The van der Waals surface area contributed by atoms with Crippen molar-refractivity contribution < 1.29 is 5.11 Å². The molecule has 0 unspecified atom stereocenters. The molecule has 0 fully saturated rings. The van der Waals surface area contributed by atoms with Crippen molar-refractivity contribution in [3.8, 4) is 16.2 Å². The minimum atomic E-state index is 0.219. The molecular formula is C18H13N3OS. The van der Waals surface area contributed by atoms with Crippen molar-refractivity contribution in [1.29, 1.82) is 0 Å². The van der Waals surface area contributed by atoms with Gasteiger partial charge in [-0.15, -0.1) is 11.3 Å². The molecule has 112 valence electrons. The minimum absolute atomic E-state index is 0.219. The maximum Gasteiger partial charge on any atom is 0.151 e. The van der Waals surface area contributed by atoms with Gasteiger partial charge in [0.05, 0.1) is 10.2 Å². The molecule has 2 aromatic carbocycles. The van der Waals surface area contributed by atoms with Gasteiger partial charge in [0.15, 0.2) is 5.82 Å². The molecule has 4 aromatic rings. The number of aromatic nitrogens is 2. The zero-order valence-corrected chi connectivity index (χ0v) is 12.9. The third-order valence-electron chi connectivity index (χ3n) is 3.48. The second kappa shape index (κ2) is 5.70. The fourth-order valence-corrected chi connectivity index (χ4v) is 3.47. The minimum Gasteiger partial charge on any atom is -0.508 e. The van der Waals surface area contributed by atoms with E-state index in [4.69, 9.17) is 0 Å². The van der Waals surface area contributed by atoms with Gasteiger partial charge in [-0.1, -0.05) is 36.4 Å². The Kier molecular flexibility index (Phi) is 3.40. The first-order valence-corrected chi connectivity index (χ1v) is 7.97. The van der Waals surface area contributed by atoms with Gasteiger partial charge in [0.2, 0.25) is 0 Å². The Morgan fingerprint density at radius 2 is 1.78 bits per heavy atom.